The van der Waals surface area contributed by atoms with Crippen molar-refractivity contribution in [1.29, 1.82) is 0 Å². The van der Waals surface area contributed by atoms with Crippen molar-refractivity contribution < 1.29 is 13.2 Å². The number of rotatable bonds is 5. The van der Waals surface area contributed by atoms with Crippen molar-refractivity contribution in [3.8, 4) is 0 Å². The first kappa shape index (κ1) is 16.2. The summed E-state index contributed by atoms with van der Waals surface area (Å²) in [5.41, 5.74) is 0.609. The van der Waals surface area contributed by atoms with Gasteiger partial charge in [0.1, 0.15) is 4.90 Å². The van der Waals surface area contributed by atoms with E-state index in [1.54, 1.807) is 12.3 Å². The lowest BCUT2D eigenvalue weighted by Gasteiger charge is -2.35. The third-order valence-corrected chi connectivity index (χ3v) is 5.49. The zero-order valence-electron chi connectivity index (χ0n) is 12.7. The van der Waals surface area contributed by atoms with E-state index >= 15 is 0 Å². The van der Waals surface area contributed by atoms with Gasteiger partial charge in [0, 0.05) is 31.5 Å². The zero-order valence-corrected chi connectivity index (χ0v) is 13.6. The van der Waals surface area contributed by atoms with Crippen molar-refractivity contribution >= 4 is 15.7 Å². The van der Waals surface area contributed by atoms with Gasteiger partial charge < -0.3 is 10.1 Å². The average molecular weight is 313 g/mol. The molecule has 0 bridgehead atoms. The maximum Gasteiger partial charge on any atom is 0.247 e. The molecule has 2 heterocycles. The Hall–Kier alpha value is -1.18. The molecule has 1 fully saturated rings. The predicted octanol–water partition coefficient (Wildman–Crippen LogP) is 1.70. The molecule has 0 aliphatic carbocycles. The summed E-state index contributed by atoms with van der Waals surface area (Å²) >= 11 is 0. The molecular formula is C14H23N3O3S. The topological polar surface area (TPSA) is 71.5 Å². The number of pyridine rings is 1. The fourth-order valence-corrected chi connectivity index (χ4v) is 4.13. The number of nitrogens with zero attached hydrogens (tertiary/aromatic N) is 2. The van der Waals surface area contributed by atoms with Crippen LogP contribution in [0, 0.1) is 0 Å². The second-order valence-corrected chi connectivity index (χ2v) is 7.23. The molecular weight excluding hydrogens is 290 g/mol. The molecule has 1 N–H and O–H groups in total. The number of nitrogens with one attached hydrogen (secondary N) is 1. The number of hydrogen-bond donors (Lipinski definition) is 1. The summed E-state index contributed by atoms with van der Waals surface area (Å²) in [6, 6.07) is 1.53. The normalized spacial score (nSPS) is 24.0. The summed E-state index contributed by atoms with van der Waals surface area (Å²) < 4.78 is 32.9. The fourth-order valence-electron chi connectivity index (χ4n) is 2.33. The van der Waals surface area contributed by atoms with Crippen LogP contribution < -0.4 is 5.32 Å². The lowest BCUT2D eigenvalue weighted by atomic mass is 10.2. The smallest absolute Gasteiger partial charge is 0.247 e. The molecule has 2 atom stereocenters. The molecule has 1 saturated heterocycles. The lowest BCUT2D eigenvalue weighted by molar-refractivity contribution is -0.0170. The van der Waals surface area contributed by atoms with Crippen molar-refractivity contribution in [3.05, 3.63) is 18.5 Å². The predicted molar refractivity (Wildman–Crippen MR) is 81.8 cm³/mol. The fraction of sp³-hybridized carbons (Fsp3) is 0.643. The Morgan fingerprint density at radius 1 is 1.48 bits per heavy atom. The van der Waals surface area contributed by atoms with Gasteiger partial charge in [0.2, 0.25) is 10.0 Å². The van der Waals surface area contributed by atoms with Gasteiger partial charge in [-0.1, -0.05) is 6.92 Å². The number of ether oxygens (including phenoxy) is 1. The van der Waals surface area contributed by atoms with Gasteiger partial charge in [-0.05, 0) is 26.3 Å². The van der Waals surface area contributed by atoms with Gasteiger partial charge in [0.05, 0.1) is 18.4 Å². The third kappa shape index (κ3) is 3.53. The van der Waals surface area contributed by atoms with Gasteiger partial charge >= 0.3 is 0 Å². The minimum atomic E-state index is -3.58. The van der Waals surface area contributed by atoms with E-state index in [1.165, 1.54) is 10.5 Å². The second-order valence-electron chi connectivity index (χ2n) is 5.37. The van der Waals surface area contributed by atoms with E-state index in [-0.39, 0.29) is 17.0 Å². The third-order valence-electron chi connectivity index (χ3n) is 3.49. The molecule has 0 spiro atoms. The average Bonchev–Trinajstić information content (AvgIpc) is 2.47. The molecule has 1 aliphatic heterocycles. The van der Waals surface area contributed by atoms with E-state index in [9.17, 15) is 8.42 Å². The molecule has 0 saturated carbocycles. The molecule has 6 nitrogen and oxygen atoms in total. The summed E-state index contributed by atoms with van der Waals surface area (Å²) in [6.45, 7) is 7.28. The van der Waals surface area contributed by atoms with Gasteiger partial charge in [-0.25, -0.2) is 8.42 Å². The zero-order chi connectivity index (χ0) is 15.5. The van der Waals surface area contributed by atoms with E-state index in [1.807, 2.05) is 20.8 Å². The van der Waals surface area contributed by atoms with Crippen molar-refractivity contribution in [2.75, 3.05) is 25.0 Å². The van der Waals surface area contributed by atoms with Crippen LogP contribution in [-0.2, 0) is 14.8 Å². The lowest BCUT2D eigenvalue weighted by Crippen LogP contribution is -2.50. The minimum Gasteiger partial charge on any atom is -0.384 e. The van der Waals surface area contributed by atoms with Crippen molar-refractivity contribution in [2.45, 2.75) is 44.2 Å². The van der Waals surface area contributed by atoms with Gasteiger partial charge in [-0.2, -0.15) is 4.31 Å². The largest absolute Gasteiger partial charge is 0.384 e. The molecule has 1 aromatic heterocycles. The second kappa shape index (κ2) is 6.72. The standard InChI is InChI=1S/C14H23N3O3S/c1-4-6-16-13-5-7-15-8-14(13)21(18,19)17-9-12(3)20-10-11(17)2/h5,7-8,11-12H,4,6,9-10H2,1-3H3,(H,15,16). The van der Waals surface area contributed by atoms with Gasteiger partial charge in [0.25, 0.3) is 0 Å². The maximum atomic E-state index is 12.9. The Morgan fingerprint density at radius 3 is 2.95 bits per heavy atom. The molecule has 1 aromatic rings. The van der Waals surface area contributed by atoms with E-state index in [4.69, 9.17) is 4.74 Å². The molecule has 2 unspecified atom stereocenters. The highest BCUT2D eigenvalue weighted by Gasteiger charge is 2.35. The van der Waals surface area contributed by atoms with Gasteiger partial charge in [-0.15, -0.1) is 0 Å². The highest BCUT2D eigenvalue weighted by atomic mass is 32.2. The monoisotopic (exact) mass is 313 g/mol. The molecule has 118 valence electrons. The molecule has 0 aromatic carbocycles. The maximum absolute atomic E-state index is 12.9. The number of sulfonamides is 1. The number of morpholine rings is 1. The molecule has 21 heavy (non-hydrogen) atoms. The number of aromatic nitrogens is 1. The summed E-state index contributed by atoms with van der Waals surface area (Å²) in [4.78, 5) is 4.22. The van der Waals surface area contributed by atoms with Crippen molar-refractivity contribution in [1.82, 2.24) is 9.29 Å². The van der Waals surface area contributed by atoms with Crippen molar-refractivity contribution in [3.63, 3.8) is 0 Å². The molecule has 0 amide bonds. The Bertz CT molecular complexity index is 577. The summed E-state index contributed by atoms with van der Waals surface area (Å²) in [5.74, 6) is 0. The van der Waals surface area contributed by atoms with Crippen LogP contribution in [0.25, 0.3) is 0 Å². The number of anilines is 1. The van der Waals surface area contributed by atoms with E-state index in [0.717, 1.165) is 13.0 Å². The van der Waals surface area contributed by atoms with Crippen LogP contribution in [0.1, 0.15) is 27.2 Å². The molecule has 1 aliphatic rings. The molecule has 2 rings (SSSR count). The van der Waals surface area contributed by atoms with E-state index < -0.39 is 10.0 Å². The summed E-state index contributed by atoms with van der Waals surface area (Å²) in [5, 5.41) is 3.16. The van der Waals surface area contributed by atoms with Crippen LogP contribution in [-0.4, -0.2) is 49.5 Å². The Kier molecular flexibility index (Phi) is 5.18. The summed E-state index contributed by atoms with van der Waals surface area (Å²) in [7, 11) is -3.58. The van der Waals surface area contributed by atoms with E-state index in [2.05, 4.69) is 10.3 Å². The van der Waals surface area contributed by atoms with Crippen molar-refractivity contribution in [2.24, 2.45) is 0 Å². The molecule has 0 radical (unpaired) electrons. The number of hydrogen-bond acceptors (Lipinski definition) is 5. The van der Waals surface area contributed by atoms with Crippen LogP contribution in [0.5, 0.6) is 0 Å². The van der Waals surface area contributed by atoms with Gasteiger partial charge in [0.15, 0.2) is 0 Å². The van der Waals surface area contributed by atoms with Crippen LogP contribution in [0.2, 0.25) is 0 Å². The first-order valence-electron chi connectivity index (χ1n) is 7.28. The van der Waals surface area contributed by atoms with Gasteiger partial charge in [-0.3, -0.25) is 4.98 Å². The van der Waals surface area contributed by atoms with Crippen LogP contribution in [0.3, 0.4) is 0 Å². The van der Waals surface area contributed by atoms with Crippen LogP contribution in [0.4, 0.5) is 5.69 Å². The highest BCUT2D eigenvalue weighted by Crippen LogP contribution is 2.27. The SMILES string of the molecule is CCCNc1ccncc1S(=O)(=O)N1CC(C)OCC1C. The first-order valence-corrected chi connectivity index (χ1v) is 8.72. The summed E-state index contributed by atoms with van der Waals surface area (Å²) in [6.07, 6.45) is 3.84. The highest BCUT2D eigenvalue weighted by molar-refractivity contribution is 7.89. The van der Waals surface area contributed by atoms with Crippen LogP contribution >= 0.6 is 0 Å². The molecule has 7 heteroatoms. The van der Waals surface area contributed by atoms with Crippen LogP contribution in [0.15, 0.2) is 23.4 Å². The minimum absolute atomic E-state index is 0.0975. The van der Waals surface area contributed by atoms with E-state index in [0.29, 0.717) is 18.8 Å². The Morgan fingerprint density at radius 2 is 2.24 bits per heavy atom. The first-order chi connectivity index (χ1) is 9.96. The Labute approximate surface area is 126 Å². The Balaban J connectivity index is 2.34. The quantitative estimate of drug-likeness (QED) is 0.896.